The van der Waals surface area contributed by atoms with Crippen molar-refractivity contribution in [1.82, 2.24) is 0 Å². The first kappa shape index (κ1) is 11.2. The Kier molecular flexibility index (Phi) is 2.53. The van der Waals surface area contributed by atoms with Crippen LogP contribution in [-0.4, -0.2) is 5.91 Å². The number of hydrogen-bond acceptors (Lipinski definition) is 1. The molecule has 1 aromatic carbocycles. The summed E-state index contributed by atoms with van der Waals surface area (Å²) in [5.41, 5.74) is 7.53. The van der Waals surface area contributed by atoms with Crippen LogP contribution < -0.4 is 5.32 Å². The molecule has 0 aromatic heterocycles. The molecule has 2 nitrogen and oxygen atoms in total. The van der Waals surface area contributed by atoms with Crippen molar-refractivity contribution >= 4 is 11.6 Å². The van der Waals surface area contributed by atoms with E-state index in [-0.39, 0.29) is 5.91 Å². The molecule has 1 aliphatic heterocycles. The molecule has 1 heterocycles. The predicted octanol–water partition coefficient (Wildman–Crippen LogP) is 3.23. The SMILES string of the molecule is Cc1c(C)c(C(C)C)c(C)c2c1CC(=O)N2. The molecule has 1 aliphatic rings. The summed E-state index contributed by atoms with van der Waals surface area (Å²) in [5.74, 6) is 0.628. The van der Waals surface area contributed by atoms with Gasteiger partial charge in [-0.1, -0.05) is 13.8 Å². The summed E-state index contributed by atoms with van der Waals surface area (Å²) >= 11 is 0. The molecule has 16 heavy (non-hydrogen) atoms. The second kappa shape index (κ2) is 3.62. The van der Waals surface area contributed by atoms with Gasteiger partial charge >= 0.3 is 0 Å². The van der Waals surface area contributed by atoms with Gasteiger partial charge in [-0.2, -0.15) is 0 Å². The Morgan fingerprint density at radius 2 is 1.69 bits per heavy atom. The molecule has 2 rings (SSSR count). The van der Waals surface area contributed by atoms with Crippen LogP contribution in [0.15, 0.2) is 0 Å². The molecule has 0 bridgehead atoms. The molecule has 0 fully saturated rings. The van der Waals surface area contributed by atoms with E-state index in [2.05, 4.69) is 39.9 Å². The van der Waals surface area contributed by atoms with Crippen LogP contribution in [0.5, 0.6) is 0 Å². The van der Waals surface area contributed by atoms with Crippen LogP contribution in [0.1, 0.15) is 47.6 Å². The van der Waals surface area contributed by atoms with Crippen molar-refractivity contribution in [3.63, 3.8) is 0 Å². The molecule has 0 spiro atoms. The molecular weight excluding hydrogens is 198 g/mol. The summed E-state index contributed by atoms with van der Waals surface area (Å²) in [4.78, 5) is 11.5. The largest absolute Gasteiger partial charge is 0.325 e. The van der Waals surface area contributed by atoms with E-state index >= 15 is 0 Å². The van der Waals surface area contributed by atoms with Gasteiger partial charge in [-0.05, 0) is 54.5 Å². The topological polar surface area (TPSA) is 29.1 Å². The molecular formula is C14H19NO. The Hall–Kier alpha value is -1.31. The quantitative estimate of drug-likeness (QED) is 0.768. The minimum Gasteiger partial charge on any atom is -0.325 e. The third-order valence-electron chi connectivity index (χ3n) is 3.68. The molecule has 0 saturated heterocycles. The van der Waals surface area contributed by atoms with Crippen molar-refractivity contribution in [3.05, 3.63) is 27.8 Å². The third kappa shape index (κ3) is 1.44. The van der Waals surface area contributed by atoms with Gasteiger partial charge in [0.15, 0.2) is 0 Å². The minimum atomic E-state index is 0.126. The third-order valence-corrected chi connectivity index (χ3v) is 3.68. The lowest BCUT2D eigenvalue weighted by molar-refractivity contribution is -0.115. The van der Waals surface area contributed by atoms with E-state index in [9.17, 15) is 4.79 Å². The average molecular weight is 217 g/mol. The lowest BCUT2D eigenvalue weighted by atomic mass is 9.86. The molecule has 2 heteroatoms. The molecule has 86 valence electrons. The van der Waals surface area contributed by atoms with Crippen molar-refractivity contribution < 1.29 is 4.79 Å². The number of carbonyl (C=O) groups excluding carboxylic acids is 1. The van der Waals surface area contributed by atoms with Crippen molar-refractivity contribution in [2.24, 2.45) is 0 Å². The fourth-order valence-electron chi connectivity index (χ4n) is 2.86. The van der Waals surface area contributed by atoms with Crippen LogP contribution in [0.3, 0.4) is 0 Å². The van der Waals surface area contributed by atoms with Crippen molar-refractivity contribution in [2.45, 2.75) is 47.0 Å². The zero-order chi connectivity index (χ0) is 12.0. The van der Waals surface area contributed by atoms with Gasteiger partial charge in [0, 0.05) is 5.69 Å². The van der Waals surface area contributed by atoms with Crippen LogP contribution >= 0.6 is 0 Å². The summed E-state index contributed by atoms with van der Waals surface area (Å²) in [5, 5.41) is 2.99. The first-order valence-corrected chi connectivity index (χ1v) is 5.85. The van der Waals surface area contributed by atoms with E-state index in [1.54, 1.807) is 0 Å². The molecule has 0 atom stereocenters. The standard InChI is InChI=1S/C14H19NO/c1-7(2)13-9(4)8(3)11-6-12(16)15-14(11)10(13)5/h7H,6H2,1-5H3,(H,15,16). The van der Waals surface area contributed by atoms with Gasteiger partial charge in [0.25, 0.3) is 0 Å². The maximum absolute atomic E-state index is 11.5. The number of anilines is 1. The highest BCUT2D eigenvalue weighted by Gasteiger charge is 2.25. The number of carbonyl (C=O) groups is 1. The maximum Gasteiger partial charge on any atom is 0.228 e. The van der Waals surface area contributed by atoms with E-state index < -0.39 is 0 Å². The summed E-state index contributed by atoms with van der Waals surface area (Å²) in [6, 6.07) is 0. The normalized spacial score (nSPS) is 14.2. The minimum absolute atomic E-state index is 0.126. The second-order valence-corrected chi connectivity index (χ2v) is 5.02. The fraction of sp³-hybridized carbons (Fsp3) is 0.500. The van der Waals surface area contributed by atoms with Gasteiger partial charge in [-0.3, -0.25) is 4.79 Å². The monoisotopic (exact) mass is 217 g/mol. The zero-order valence-electron chi connectivity index (χ0n) is 10.7. The second-order valence-electron chi connectivity index (χ2n) is 5.02. The first-order valence-electron chi connectivity index (χ1n) is 5.85. The highest BCUT2D eigenvalue weighted by atomic mass is 16.1. The lowest BCUT2D eigenvalue weighted by Crippen LogP contribution is -2.05. The number of rotatable bonds is 1. The van der Waals surface area contributed by atoms with Crippen LogP contribution in [0.25, 0.3) is 0 Å². The van der Waals surface area contributed by atoms with Crippen molar-refractivity contribution in [1.29, 1.82) is 0 Å². The molecule has 0 saturated carbocycles. The number of fused-ring (bicyclic) bond motifs is 1. The summed E-state index contributed by atoms with van der Waals surface area (Å²) in [7, 11) is 0. The predicted molar refractivity (Wildman–Crippen MR) is 67.1 cm³/mol. The van der Waals surface area contributed by atoms with E-state index in [1.165, 1.54) is 27.8 Å². The summed E-state index contributed by atoms with van der Waals surface area (Å²) in [6.07, 6.45) is 0.543. The molecule has 1 amide bonds. The zero-order valence-corrected chi connectivity index (χ0v) is 10.7. The first-order chi connectivity index (χ1) is 7.43. The smallest absolute Gasteiger partial charge is 0.228 e. The van der Waals surface area contributed by atoms with Gasteiger partial charge in [0.05, 0.1) is 6.42 Å². The van der Waals surface area contributed by atoms with E-state index in [4.69, 9.17) is 0 Å². The van der Waals surface area contributed by atoms with E-state index in [0.717, 1.165) is 5.69 Å². The van der Waals surface area contributed by atoms with Crippen LogP contribution in [0.2, 0.25) is 0 Å². The van der Waals surface area contributed by atoms with Crippen molar-refractivity contribution in [2.75, 3.05) is 5.32 Å². The summed E-state index contributed by atoms with van der Waals surface area (Å²) < 4.78 is 0. The number of amides is 1. The number of hydrogen-bond donors (Lipinski definition) is 1. The van der Waals surface area contributed by atoms with E-state index in [1.807, 2.05) is 0 Å². The number of benzene rings is 1. The highest BCUT2D eigenvalue weighted by Crippen LogP contribution is 2.37. The Morgan fingerprint density at radius 3 is 2.25 bits per heavy atom. The molecule has 1 aromatic rings. The van der Waals surface area contributed by atoms with Gasteiger partial charge < -0.3 is 5.32 Å². The van der Waals surface area contributed by atoms with Crippen molar-refractivity contribution in [3.8, 4) is 0 Å². The summed E-state index contributed by atoms with van der Waals surface area (Å²) in [6.45, 7) is 10.8. The maximum atomic E-state index is 11.5. The average Bonchev–Trinajstić information content (AvgIpc) is 2.57. The van der Waals surface area contributed by atoms with Gasteiger partial charge in [0.1, 0.15) is 0 Å². The Bertz CT molecular complexity index is 472. The fourth-order valence-corrected chi connectivity index (χ4v) is 2.86. The van der Waals surface area contributed by atoms with Crippen LogP contribution in [-0.2, 0) is 11.2 Å². The Balaban J connectivity index is 2.74. The Labute approximate surface area is 97.1 Å². The number of nitrogens with one attached hydrogen (secondary N) is 1. The van der Waals surface area contributed by atoms with E-state index in [0.29, 0.717) is 12.3 Å². The van der Waals surface area contributed by atoms with Gasteiger partial charge in [-0.15, -0.1) is 0 Å². The molecule has 1 N–H and O–H groups in total. The Morgan fingerprint density at radius 1 is 1.06 bits per heavy atom. The van der Waals surface area contributed by atoms with Crippen LogP contribution in [0.4, 0.5) is 5.69 Å². The van der Waals surface area contributed by atoms with Gasteiger partial charge in [-0.25, -0.2) is 0 Å². The lowest BCUT2D eigenvalue weighted by Gasteiger charge is -2.20. The molecule has 0 unspecified atom stereocenters. The highest BCUT2D eigenvalue weighted by molar-refractivity contribution is 6.01. The van der Waals surface area contributed by atoms with Crippen LogP contribution in [0, 0.1) is 20.8 Å². The van der Waals surface area contributed by atoms with Gasteiger partial charge in [0.2, 0.25) is 5.91 Å². The molecule has 0 aliphatic carbocycles. The molecule has 0 radical (unpaired) electrons.